The number of ether oxygens (including phenoxy) is 4. The van der Waals surface area contributed by atoms with Crippen LogP contribution in [-0.4, -0.2) is 82.3 Å². The first-order chi connectivity index (χ1) is 35.6. The molecule has 0 heterocycles. The highest BCUT2D eigenvalue weighted by molar-refractivity contribution is 5.70. The van der Waals surface area contributed by atoms with Gasteiger partial charge in [-0.2, -0.15) is 0 Å². The lowest BCUT2D eigenvalue weighted by Crippen LogP contribution is -2.44. The normalized spacial score (nSPS) is 13.8. The van der Waals surface area contributed by atoms with Crippen LogP contribution >= 0.6 is 0 Å². The van der Waals surface area contributed by atoms with Gasteiger partial charge in [0.1, 0.15) is 13.2 Å². The number of nitrogens with zero attached hydrogens (tertiary/aromatic N) is 1. The Balaban J connectivity index is 4.31. The Morgan fingerprint density at radius 1 is 0.411 bits per heavy atom. The summed E-state index contributed by atoms with van der Waals surface area (Å²) in [5, 5.41) is 11.8. The highest BCUT2D eigenvalue weighted by atomic mass is 16.7. The van der Waals surface area contributed by atoms with Gasteiger partial charge in [0.2, 0.25) is 0 Å². The minimum absolute atomic E-state index is 0.134. The molecule has 0 bridgehead atoms. The molecule has 0 saturated heterocycles. The second-order valence-electron chi connectivity index (χ2n) is 19.5. The van der Waals surface area contributed by atoms with Crippen molar-refractivity contribution < 1.29 is 42.9 Å². The topological polar surface area (TPSA) is 111 Å². The Morgan fingerprint density at radius 3 is 1.10 bits per heavy atom. The van der Waals surface area contributed by atoms with Gasteiger partial charge >= 0.3 is 11.9 Å². The first-order valence-electron chi connectivity index (χ1n) is 28.3. The van der Waals surface area contributed by atoms with Crippen LogP contribution in [0, 0.1) is 0 Å². The first kappa shape index (κ1) is 68.4. The zero-order valence-corrected chi connectivity index (χ0v) is 46.7. The van der Waals surface area contributed by atoms with Crippen LogP contribution in [0.1, 0.15) is 194 Å². The number of allylic oxidation sites excluding steroid dienone is 22. The van der Waals surface area contributed by atoms with Crippen molar-refractivity contribution in [2.24, 2.45) is 0 Å². The molecule has 0 aromatic heterocycles. The van der Waals surface area contributed by atoms with Gasteiger partial charge in [-0.25, -0.2) is 0 Å². The van der Waals surface area contributed by atoms with Gasteiger partial charge in [-0.15, -0.1) is 0 Å². The average Bonchev–Trinajstić information content (AvgIpc) is 3.36. The number of carbonyl (C=O) groups is 3. The van der Waals surface area contributed by atoms with Gasteiger partial charge in [0, 0.05) is 12.8 Å². The lowest BCUT2D eigenvalue weighted by atomic mass is 10.1. The molecule has 2 atom stereocenters. The zero-order chi connectivity index (χ0) is 53.4. The van der Waals surface area contributed by atoms with Crippen LogP contribution in [0.25, 0.3) is 0 Å². The molecule has 412 valence electrons. The van der Waals surface area contributed by atoms with E-state index in [2.05, 4.69) is 148 Å². The number of rotatable bonds is 50. The summed E-state index contributed by atoms with van der Waals surface area (Å²) in [5.74, 6) is -2.34. The van der Waals surface area contributed by atoms with E-state index in [0.29, 0.717) is 23.9 Å². The number of carboxylic acid groups (broad SMARTS) is 1. The van der Waals surface area contributed by atoms with E-state index in [1.807, 2.05) is 21.1 Å². The van der Waals surface area contributed by atoms with Crippen LogP contribution in [-0.2, 0) is 33.3 Å². The molecule has 0 fully saturated rings. The van der Waals surface area contributed by atoms with Crippen LogP contribution in [0.3, 0.4) is 0 Å². The number of quaternary nitrogens is 1. The maximum absolute atomic E-state index is 12.9. The second-order valence-corrected chi connectivity index (χ2v) is 19.5. The molecular formula is C64H103NO8. The molecule has 0 aliphatic carbocycles. The monoisotopic (exact) mass is 1010 g/mol. The molecule has 9 heteroatoms. The lowest BCUT2D eigenvalue weighted by molar-refractivity contribution is -0.870. The summed E-state index contributed by atoms with van der Waals surface area (Å²) in [6.07, 6.45) is 73.5. The van der Waals surface area contributed by atoms with E-state index in [1.165, 1.54) is 32.1 Å². The van der Waals surface area contributed by atoms with E-state index >= 15 is 0 Å². The van der Waals surface area contributed by atoms with Crippen LogP contribution in [0.15, 0.2) is 134 Å². The summed E-state index contributed by atoms with van der Waals surface area (Å²) in [6.45, 7) is 4.46. The molecule has 0 aromatic rings. The fourth-order valence-electron chi connectivity index (χ4n) is 7.09. The standard InChI is InChI=1S/C64H103NO8/c1-6-8-10-12-14-16-18-20-22-24-25-26-27-28-29-30-31-32-33-34-35-36-37-39-41-43-45-47-49-51-53-55-62(67)73-60(59-72-64(63(68)69)70-57-56-65(3,4)5)58-71-61(66)54-52-50-48-46-44-42-40-38-23-21-19-17-15-13-11-9-7-2/h8-11,14-17,20-23,25-26,28-29,31-32,34-35,40,42,60,64H,6-7,12-13,18-19,24,27,30,33,36-39,41,43-59H2,1-5H3/b10-8-,11-9-,16-14-,17-15-,22-20-,23-21-,26-25-,29-28-,32-31-,35-34-,42-40-. The molecule has 0 N–H and O–H groups in total. The van der Waals surface area contributed by atoms with Gasteiger partial charge in [-0.1, -0.05) is 205 Å². The van der Waals surface area contributed by atoms with Gasteiger partial charge in [-0.3, -0.25) is 9.59 Å². The van der Waals surface area contributed by atoms with E-state index in [1.54, 1.807) is 0 Å². The molecule has 2 unspecified atom stereocenters. The smallest absolute Gasteiger partial charge is 0.306 e. The summed E-state index contributed by atoms with van der Waals surface area (Å²) in [4.78, 5) is 37.2. The molecule has 0 amide bonds. The average molecular weight is 1010 g/mol. The predicted octanol–water partition coefficient (Wildman–Crippen LogP) is 15.3. The minimum Gasteiger partial charge on any atom is -0.545 e. The minimum atomic E-state index is -1.64. The molecule has 0 aromatic carbocycles. The molecular weight excluding hydrogens is 911 g/mol. The van der Waals surface area contributed by atoms with E-state index in [-0.39, 0.29) is 38.6 Å². The van der Waals surface area contributed by atoms with Crippen molar-refractivity contribution in [1.29, 1.82) is 0 Å². The van der Waals surface area contributed by atoms with Crippen molar-refractivity contribution in [3.05, 3.63) is 134 Å². The predicted molar refractivity (Wildman–Crippen MR) is 306 cm³/mol. The van der Waals surface area contributed by atoms with Crippen molar-refractivity contribution in [2.75, 3.05) is 47.5 Å². The Bertz CT molecular complexity index is 1650. The van der Waals surface area contributed by atoms with E-state index in [9.17, 15) is 19.5 Å². The van der Waals surface area contributed by atoms with Crippen molar-refractivity contribution in [2.45, 2.75) is 206 Å². The lowest BCUT2D eigenvalue weighted by Gasteiger charge is -2.26. The van der Waals surface area contributed by atoms with Gasteiger partial charge in [0.25, 0.3) is 0 Å². The van der Waals surface area contributed by atoms with Crippen LogP contribution in [0.5, 0.6) is 0 Å². The first-order valence-corrected chi connectivity index (χ1v) is 28.3. The quantitative estimate of drug-likeness (QED) is 0.0195. The summed E-state index contributed by atoms with van der Waals surface area (Å²) in [7, 11) is 5.90. The van der Waals surface area contributed by atoms with Crippen molar-refractivity contribution in [3.63, 3.8) is 0 Å². The SMILES string of the molecule is CC/C=C\C/C=C\C/C=C\C/C=C\C/C=C\C/C=C\C/C=C\CCCCCCCCCCCC(=O)OC(COC(=O)CCCCCC/C=C\C/C=C\C/C=C\C/C=C\CC)COC(OCC[N+](C)(C)C)C(=O)[O-]. The van der Waals surface area contributed by atoms with Gasteiger partial charge in [0.05, 0.1) is 40.3 Å². The summed E-state index contributed by atoms with van der Waals surface area (Å²) in [5.41, 5.74) is 0. The van der Waals surface area contributed by atoms with Crippen molar-refractivity contribution in [3.8, 4) is 0 Å². The third kappa shape index (κ3) is 55.0. The Labute approximate surface area is 446 Å². The van der Waals surface area contributed by atoms with Gasteiger partial charge < -0.3 is 33.3 Å². The largest absolute Gasteiger partial charge is 0.545 e. The Kier molecular flexibility index (Phi) is 50.4. The number of aliphatic carboxylic acids is 1. The van der Waals surface area contributed by atoms with E-state index in [0.717, 1.165) is 122 Å². The fraction of sp³-hybridized carbons (Fsp3) is 0.609. The van der Waals surface area contributed by atoms with Crippen molar-refractivity contribution >= 4 is 17.9 Å². The molecule has 0 radical (unpaired) electrons. The fourth-order valence-corrected chi connectivity index (χ4v) is 7.09. The number of carbonyl (C=O) groups excluding carboxylic acids is 3. The molecule has 73 heavy (non-hydrogen) atoms. The third-order valence-electron chi connectivity index (χ3n) is 11.4. The Morgan fingerprint density at radius 2 is 0.740 bits per heavy atom. The van der Waals surface area contributed by atoms with Gasteiger partial charge in [-0.05, 0) is 109 Å². The third-order valence-corrected chi connectivity index (χ3v) is 11.4. The number of hydrogen-bond donors (Lipinski definition) is 0. The second kappa shape index (κ2) is 53.7. The zero-order valence-electron chi connectivity index (χ0n) is 46.7. The van der Waals surface area contributed by atoms with Crippen LogP contribution < -0.4 is 5.11 Å². The summed E-state index contributed by atoms with van der Waals surface area (Å²) >= 11 is 0. The maximum atomic E-state index is 12.9. The number of esters is 2. The number of unbranched alkanes of at least 4 members (excludes halogenated alkanes) is 13. The number of hydrogen-bond acceptors (Lipinski definition) is 8. The molecule has 0 spiro atoms. The summed E-state index contributed by atoms with van der Waals surface area (Å²) in [6, 6.07) is 0. The molecule has 0 rings (SSSR count). The Hall–Kier alpha value is -4.57. The highest BCUT2D eigenvalue weighted by Crippen LogP contribution is 2.14. The number of likely N-dealkylation sites (N-methyl/N-ethyl adjacent to an activating group) is 1. The van der Waals surface area contributed by atoms with Crippen molar-refractivity contribution in [1.82, 2.24) is 0 Å². The number of carboxylic acids is 1. The van der Waals surface area contributed by atoms with E-state index < -0.39 is 24.3 Å². The molecule has 9 nitrogen and oxygen atoms in total. The van der Waals surface area contributed by atoms with Gasteiger partial charge in [0.15, 0.2) is 12.4 Å². The highest BCUT2D eigenvalue weighted by Gasteiger charge is 2.22. The van der Waals surface area contributed by atoms with E-state index in [4.69, 9.17) is 18.9 Å². The maximum Gasteiger partial charge on any atom is 0.306 e. The van der Waals surface area contributed by atoms with Crippen LogP contribution in [0.2, 0.25) is 0 Å². The molecule has 0 saturated carbocycles. The van der Waals surface area contributed by atoms with Crippen LogP contribution in [0.4, 0.5) is 0 Å². The molecule has 0 aliphatic rings. The molecule has 0 aliphatic heterocycles. The summed E-state index contributed by atoms with van der Waals surface area (Å²) < 4.78 is 22.6.